The van der Waals surface area contributed by atoms with Gasteiger partial charge in [0.1, 0.15) is 11.1 Å². The summed E-state index contributed by atoms with van der Waals surface area (Å²) < 4.78 is 5.39. The van der Waals surface area contributed by atoms with Gasteiger partial charge in [-0.3, -0.25) is 9.59 Å². The Hall–Kier alpha value is -2.21. The molecular weight excluding hydrogens is 348 g/mol. The third kappa shape index (κ3) is 3.65. The van der Waals surface area contributed by atoms with Crippen molar-refractivity contribution in [2.75, 3.05) is 5.75 Å². The topological polar surface area (TPSA) is 62.6 Å². The lowest BCUT2D eigenvalue weighted by Gasteiger charge is -2.23. The molecule has 1 saturated heterocycles. The van der Waals surface area contributed by atoms with Gasteiger partial charge >= 0.3 is 0 Å². The molecule has 6 heteroatoms. The van der Waals surface area contributed by atoms with Crippen molar-refractivity contribution in [2.24, 2.45) is 0 Å². The van der Waals surface area contributed by atoms with E-state index in [1.165, 1.54) is 12.8 Å². The number of carbonyl (C=O) groups excluding carboxylic acids is 2. The Morgan fingerprint density at radius 2 is 1.96 bits per heavy atom. The maximum absolute atomic E-state index is 12.4. The molecule has 2 aliphatic rings. The number of rotatable bonds is 5. The van der Waals surface area contributed by atoms with Gasteiger partial charge in [-0.05, 0) is 42.7 Å². The van der Waals surface area contributed by atoms with E-state index < -0.39 is 0 Å². The molecule has 1 N–H and O–H groups in total. The first-order valence-corrected chi connectivity index (χ1v) is 10.1. The zero-order valence-corrected chi connectivity index (χ0v) is 15.3. The van der Waals surface area contributed by atoms with Crippen LogP contribution in [0.5, 0.6) is 0 Å². The minimum atomic E-state index is -0.0421. The van der Waals surface area contributed by atoms with Crippen molar-refractivity contribution in [3.63, 3.8) is 0 Å². The van der Waals surface area contributed by atoms with Crippen LogP contribution in [-0.4, -0.2) is 28.5 Å². The van der Waals surface area contributed by atoms with Crippen LogP contribution in [0, 0.1) is 0 Å². The Labute approximate surface area is 157 Å². The molecule has 1 aromatic heterocycles. The maximum Gasteiger partial charge on any atom is 0.251 e. The SMILES string of the molecule is O=C(NC1CCCC1)c1ccc(C2SCC(=O)N2Cc2ccco2)cc1. The summed E-state index contributed by atoms with van der Waals surface area (Å²) in [5.41, 5.74) is 1.71. The monoisotopic (exact) mass is 370 g/mol. The summed E-state index contributed by atoms with van der Waals surface area (Å²) in [6, 6.07) is 11.6. The second-order valence-corrected chi connectivity index (χ2v) is 7.91. The highest BCUT2D eigenvalue weighted by molar-refractivity contribution is 8.00. The predicted octanol–water partition coefficient (Wildman–Crippen LogP) is 3.73. The quantitative estimate of drug-likeness (QED) is 0.871. The van der Waals surface area contributed by atoms with Crippen molar-refractivity contribution in [3.8, 4) is 0 Å². The molecule has 5 nitrogen and oxygen atoms in total. The molecule has 0 bridgehead atoms. The summed E-state index contributed by atoms with van der Waals surface area (Å²) in [5, 5.41) is 3.07. The van der Waals surface area contributed by atoms with Crippen molar-refractivity contribution >= 4 is 23.6 Å². The Morgan fingerprint density at radius 1 is 1.19 bits per heavy atom. The number of amides is 2. The van der Waals surface area contributed by atoms with Gasteiger partial charge in [0.2, 0.25) is 5.91 Å². The molecule has 1 saturated carbocycles. The van der Waals surface area contributed by atoms with Gasteiger partial charge in [-0.2, -0.15) is 0 Å². The van der Waals surface area contributed by atoms with Gasteiger partial charge in [0.25, 0.3) is 5.91 Å². The summed E-state index contributed by atoms with van der Waals surface area (Å²) in [6.07, 6.45) is 6.17. The van der Waals surface area contributed by atoms with Crippen LogP contribution in [-0.2, 0) is 11.3 Å². The molecule has 1 atom stereocenters. The van der Waals surface area contributed by atoms with Crippen LogP contribution in [0.1, 0.15) is 52.7 Å². The third-order valence-electron chi connectivity index (χ3n) is 5.02. The van der Waals surface area contributed by atoms with Crippen LogP contribution in [0.2, 0.25) is 0 Å². The summed E-state index contributed by atoms with van der Waals surface area (Å²) in [4.78, 5) is 26.5. The summed E-state index contributed by atoms with van der Waals surface area (Å²) >= 11 is 1.61. The number of carbonyl (C=O) groups is 2. The van der Waals surface area contributed by atoms with Crippen molar-refractivity contribution in [1.82, 2.24) is 10.2 Å². The number of thioether (sulfide) groups is 1. The van der Waals surface area contributed by atoms with Crippen LogP contribution < -0.4 is 5.32 Å². The van der Waals surface area contributed by atoms with Crippen LogP contribution in [0.25, 0.3) is 0 Å². The lowest BCUT2D eigenvalue weighted by molar-refractivity contribution is -0.128. The molecule has 26 heavy (non-hydrogen) atoms. The number of nitrogens with zero attached hydrogens (tertiary/aromatic N) is 1. The van der Waals surface area contributed by atoms with E-state index in [0.29, 0.717) is 23.9 Å². The Kier molecular flexibility index (Phi) is 5.02. The fraction of sp³-hybridized carbons (Fsp3) is 0.400. The van der Waals surface area contributed by atoms with Gasteiger partial charge in [0.05, 0.1) is 18.6 Å². The van der Waals surface area contributed by atoms with Gasteiger partial charge in [-0.1, -0.05) is 25.0 Å². The average Bonchev–Trinajstić information content (AvgIpc) is 3.40. The highest BCUT2D eigenvalue weighted by atomic mass is 32.2. The number of furan rings is 1. The molecule has 0 radical (unpaired) electrons. The zero-order valence-electron chi connectivity index (χ0n) is 14.5. The van der Waals surface area contributed by atoms with Gasteiger partial charge in [0.15, 0.2) is 0 Å². The molecule has 1 aliphatic heterocycles. The van der Waals surface area contributed by atoms with Crippen LogP contribution >= 0.6 is 11.8 Å². The lowest BCUT2D eigenvalue weighted by atomic mass is 10.1. The third-order valence-corrected chi connectivity index (χ3v) is 6.28. The van der Waals surface area contributed by atoms with Gasteiger partial charge < -0.3 is 14.6 Å². The maximum atomic E-state index is 12.4. The first-order valence-electron chi connectivity index (χ1n) is 9.05. The van der Waals surface area contributed by atoms with E-state index in [2.05, 4.69) is 5.32 Å². The first-order chi connectivity index (χ1) is 12.7. The molecule has 2 amide bonds. The number of hydrogen-bond acceptors (Lipinski definition) is 4. The molecule has 2 aromatic rings. The highest BCUT2D eigenvalue weighted by Gasteiger charge is 2.33. The Morgan fingerprint density at radius 3 is 2.65 bits per heavy atom. The summed E-state index contributed by atoms with van der Waals surface area (Å²) in [7, 11) is 0. The molecule has 1 aromatic carbocycles. The second-order valence-electron chi connectivity index (χ2n) is 6.84. The summed E-state index contributed by atoms with van der Waals surface area (Å²) in [5.74, 6) is 1.35. The normalized spacial score (nSPS) is 20.7. The van der Waals surface area contributed by atoms with E-state index in [9.17, 15) is 9.59 Å². The smallest absolute Gasteiger partial charge is 0.251 e. The van der Waals surface area contributed by atoms with Crippen molar-refractivity contribution in [2.45, 2.75) is 43.6 Å². The fourth-order valence-corrected chi connectivity index (χ4v) is 4.80. The van der Waals surface area contributed by atoms with E-state index in [1.54, 1.807) is 18.0 Å². The second kappa shape index (κ2) is 7.58. The van der Waals surface area contributed by atoms with E-state index >= 15 is 0 Å². The molecule has 2 fully saturated rings. The standard InChI is InChI=1S/C20H22N2O3S/c23-18-13-26-20(22(18)12-17-6-3-11-25-17)15-9-7-14(8-10-15)19(24)21-16-4-1-2-5-16/h3,6-11,16,20H,1-2,4-5,12-13H2,(H,21,24). The minimum Gasteiger partial charge on any atom is -0.467 e. The molecular formula is C20H22N2O3S. The molecule has 136 valence electrons. The molecule has 2 heterocycles. The largest absolute Gasteiger partial charge is 0.467 e. The van der Waals surface area contributed by atoms with Crippen molar-refractivity contribution in [3.05, 3.63) is 59.5 Å². The lowest BCUT2D eigenvalue weighted by Crippen LogP contribution is -2.32. The van der Waals surface area contributed by atoms with E-state index in [-0.39, 0.29) is 17.2 Å². The van der Waals surface area contributed by atoms with Gasteiger partial charge in [-0.15, -0.1) is 11.8 Å². The molecule has 1 aliphatic carbocycles. The molecule has 4 rings (SSSR count). The van der Waals surface area contributed by atoms with E-state index in [0.717, 1.165) is 24.2 Å². The minimum absolute atomic E-state index is 0.00829. The van der Waals surface area contributed by atoms with Crippen molar-refractivity contribution in [1.29, 1.82) is 0 Å². The van der Waals surface area contributed by atoms with Gasteiger partial charge in [0, 0.05) is 11.6 Å². The van der Waals surface area contributed by atoms with Gasteiger partial charge in [-0.25, -0.2) is 0 Å². The Balaban J connectivity index is 1.45. The number of nitrogens with one attached hydrogen (secondary N) is 1. The Bertz CT molecular complexity index is 767. The number of benzene rings is 1. The first kappa shape index (κ1) is 17.2. The highest BCUT2D eigenvalue weighted by Crippen LogP contribution is 2.39. The van der Waals surface area contributed by atoms with E-state index in [4.69, 9.17) is 4.42 Å². The predicted molar refractivity (Wildman–Crippen MR) is 101 cm³/mol. The molecule has 0 spiro atoms. The zero-order chi connectivity index (χ0) is 17.9. The molecule has 1 unspecified atom stereocenters. The van der Waals surface area contributed by atoms with E-state index in [1.807, 2.05) is 41.3 Å². The number of hydrogen-bond donors (Lipinski definition) is 1. The summed E-state index contributed by atoms with van der Waals surface area (Å²) in [6.45, 7) is 0.466. The average molecular weight is 370 g/mol. The van der Waals surface area contributed by atoms with Crippen molar-refractivity contribution < 1.29 is 14.0 Å². The van der Waals surface area contributed by atoms with Crippen LogP contribution in [0.15, 0.2) is 47.1 Å². The fourth-order valence-electron chi connectivity index (χ4n) is 3.61. The van der Waals surface area contributed by atoms with Crippen LogP contribution in [0.4, 0.5) is 0 Å². The van der Waals surface area contributed by atoms with Crippen LogP contribution in [0.3, 0.4) is 0 Å².